The molecule has 2 aliphatic heterocycles. The van der Waals surface area contributed by atoms with Crippen LogP contribution in [0.15, 0.2) is 0 Å². The molecule has 2 saturated heterocycles. The number of aliphatic hydroxyl groups is 1. The van der Waals surface area contributed by atoms with E-state index in [0.29, 0.717) is 0 Å². The topological polar surface area (TPSA) is 39.6 Å². The summed E-state index contributed by atoms with van der Waals surface area (Å²) in [5.41, 5.74) is 1.16. The lowest BCUT2D eigenvalue weighted by Gasteiger charge is -2.45. The second-order valence-corrected chi connectivity index (χ2v) is 7.91. The first-order valence-electron chi connectivity index (χ1n) is 8.35. The molecule has 1 aromatic heterocycles. The molecule has 2 fully saturated rings. The summed E-state index contributed by atoms with van der Waals surface area (Å²) in [5, 5.41) is 11.3. The van der Waals surface area contributed by atoms with E-state index in [2.05, 4.69) is 16.8 Å². The lowest BCUT2D eigenvalue weighted by Crippen LogP contribution is -2.52. The zero-order valence-corrected chi connectivity index (χ0v) is 13.6. The van der Waals surface area contributed by atoms with Gasteiger partial charge in [0, 0.05) is 19.1 Å². The Kier molecular flexibility index (Phi) is 3.67. The smallest absolute Gasteiger partial charge is 0.185 e. The van der Waals surface area contributed by atoms with Crippen molar-refractivity contribution < 1.29 is 5.11 Å². The van der Waals surface area contributed by atoms with Gasteiger partial charge in [-0.2, -0.15) is 0 Å². The van der Waals surface area contributed by atoms with E-state index in [9.17, 15) is 5.11 Å². The van der Waals surface area contributed by atoms with Gasteiger partial charge in [0.1, 0.15) is 0 Å². The van der Waals surface area contributed by atoms with Crippen LogP contribution in [0.2, 0.25) is 0 Å². The van der Waals surface area contributed by atoms with Gasteiger partial charge in [0.25, 0.3) is 0 Å². The Bertz CT molecular complexity index is 518. The molecule has 0 aromatic carbocycles. The highest BCUT2D eigenvalue weighted by Gasteiger charge is 2.35. The number of aliphatic hydroxyl groups excluding tert-OH is 1. The molecule has 0 radical (unpaired) electrons. The second-order valence-electron chi connectivity index (χ2n) is 6.90. The van der Waals surface area contributed by atoms with Crippen LogP contribution in [-0.4, -0.2) is 47.7 Å². The minimum Gasteiger partial charge on any atom is -0.388 e. The Morgan fingerprint density at radius 2 is 2.10 bits per heavy atom. The van der Waals surface area contributed by atoms with Gasteiger partial charge >= 0.3 is 0 Å². The van der Waals surface area contributed by atoms with E-state index in [1.54, 1.807) is 11.3 Å². The number of piperidine rings is 2. The molecular weight excluding hydrogens is 282 g/mol. The molecule has 3 aliphatic rings. The summed E-state index contributed by atoms with van der Waals surface area (Å²) in [5.74, 6) is 0.795. The van der Waals surface area contributed by atoms with Gasteiger partial charge in [-0.15, -0.1) is 0 Å². The molecule has 4 rings (SSSR count). The summed E-state index contributed by atoms with van der Waals surface area (Å²) in [4.78, 5) is 11.0. The van der Waals surface area contributed by atoms with Crippen LogP contribution in [0.3, 0.4) is 0 Å². The zero-order valence-electron chi connectivity index (χ0n) is 12.8. The van der Waals surface area contributed by atoms with Crippen LogP contribution >= 0.6 is 11.3 Å². The monoisotopic (exact) mass is 307 g/mol. The van der Waals surface area contributed by atoms with Crippen LogP contribution in [-0.2, 0) is 6.42 Å². The largest absolute Gasteiger partial charge is 0.388 e. The molecule has 1 aliphatic carbocycles. The molecule has 3 atom stereocenters. The maximum atomic E-state index is 10.1. The average Bonchev–Trinajstić information content (AvgIpc) is 2.93. The van der Waals surface area contributed by atoms with E-state index in [4.69, 9.17) is 4.98 Å². The summed E-state index contributed by atoms with van der Waals surface area (Å²) < 4.78 is 0. The SMILES string of the molecule is CN1CCCC2CN(c3nc4c(s3)C(O)CCC4)CCC21. The van der Waals surface area contributed by atoms with E-state index in [0.717, 1.165) is 60.0 Å². The first kappa shape index (κ1) is 14.0. The van der Waals surface area contributed by atoms with E-state index in [-0.39, 0.29) is 6.10 Å². The highest BCUT2D eigenvalue weighted by molar-refractivity contribution is 7.15. The molecule has 0 spiro atoms. The first-order chi connectivity index (χ1) is 10.2. The standard InChI is InChI=1S/C16H25N3OS/c1-18-8-3-4-11-10-19(9-7-13(11)18)16-17-12-5-2-6-14(20)15(12)21-16/h11,13-14,20H,2-10H2,1H3. The third-order valence-corrected chi connectivity index (χ3v) is 6.79. The maximum absolute atomic E-state index is 10.1. The summed E-state index contributed by atoms with van der Waals surface area (Å²) in [7, 11) is 2.28. The number of fused-ring (bicyclic) bond motifs is 2. The van der Waals surface area contributed by atoms with Crippen LogP contribution in [0.5, 0.6) is 0 Å². The normalized spacial score (nSPS) is 33.6. The number of aryl methyl sites for hydroxylation is 1. The van der Waals surface area contributed by atoms with Gasteiger partial charge in [-0.05, 0) is 58.0 Å². The predicted octanol–water partition coefficient (Wildman–Crippen LogP) is 2.43. The molecule has 0 saturated carbocycles. The summed E-state index contributed by atoms with van der Waals surface area (Å²) in [6.45, 7) is 3.53. The van der Waals surface area contributed by atoms with Gasteiger partial charge in [0.05, 0.1) is 16.7 Å². The summed E-state index contributed by atoms with van der Waals surface area (Å²) >= 11 is 1.74. The minimum atomic E-state index is -0.265. The van der Waals surface area contributed by atoms with Crippen LogP contribution in [0, 0.1) is 5.92 Å². The molecule has 0 amide bonds. The molecule has 3 heterocycles. The lowest BCUT2D eigenvalue weighted by molar-refractivity contribution is 0.102. The number of anilines is 1. The van der Waals surface area contributed by atoms with Crippen LogP contribution in [0.25, 0.3) is 0 Å². The Labute approximate surface area is 130 Å². The molecule has 21 heavy (non-hydrogen) atoms. The third-order valence-electron chi connectivity index (χ3n) is 5.53. The van der Waals surface area contributed by atoms with Gasteiger partial charge in [0.2, 0.25) is 0 Å². The predicted molar refractivity (Wildman–Crippen MR) is 86.0 cm³/mol. The van der Waals surface area contributed by atoms with Crippen molar-refractivity contribution in [2.24, 2.45) is 5.92 Å². The van der Waals surface area contributed by atoms with Gasteiger partial charge in [-0.25, -0.2) is 4.98 Å². The summed E-state index contributed by atoms with van der Waals surface area (Å²) in [6.07, 6.45) is 6.72. The maximum Gasteiger partial charge on any atom is 0.185 e. The van der Waals surface area contributed by atoms with Crippen molar-refractivity contribution in [2.75, 3.05) is 31.6 Å². The highest BCUT2D eigenvalue weighted by atomic mass is 32.1. The number of likely N-dealkylation sites (tertiary alicyclic amines) is 1. The molecule has 1 N–H and O–H groups in total. The Balaban J connectivity index is 1.52. The number of hydrogen-bond acceptors (Lipinski definition) is 5. The Hall–Kier alpha value is -0.650. The molecule has 0 bridgehead atoms. The fourth-order valence-electron chi connectivity index (χ4n) is 4.35. The van der Waals surface area contributed by atoms with Gasteiger partial charge in [-0.3, -0.25) is 0 Å². The van der Waals surface area contributed by atoms with Crippen LogP contribution < -0.4 is 4.90 Å². The van der Waals surface area contributed by atoms with E-state index >= 15 is 0 Å². The molecular formula is C16H25N3OS. The van der Waals surface area contributed by atoms with Crippen LogP contribution in [0.1, 0.15) is 48.8 Å². The van der Waals surface area contributed by atoms with Gasteiger partial charge in [-0.1, -0.05) is 11.3 Å². The van der Waals surface area contributed by atoms with E-state index in [1.807, 2.05) is 0 Å². The van der Waals surface area contributed by atoms with Gasteiger partial charge in [0.15, 0.2) is 5.13 Å². The van der Waals surface area contributed by atoms with E-state index < -0.39 is 0 Å². The molecule has 1 aromatic rings. The molecule has 5 heteroatoms. The fourth-order valence-corrected chi connectivity index (χ4v) is 5.51. The summed E-state index contributed by atoms with van der Waals surface area (Å²) in [6, 6.07) is 0.773. The van der Waals surface area contributed by atoms with Crippen molar-refractivity contribution in [1.82, 2.24) is 9.88 Å². The average molecular weight is 307 g/mol. The third kappa shape index (κ3) is 2.49. The molecule has 4 nitrogen and oxygen atoms in total. The zero-order chi connectivity index (χ0) is 14.4. The number of hydrogen-bond donors (Lipinski definition) is 1. The van der Waals surface area contributed by atoms with Crippen molar-refractivity contribution in [1.29, 1.82) is 0 Å². The molecule has 3 unspecified atom stereocenters. The van der Waals surface area contributed by atoms with Crippen molar-refractivity contribution >= 4 is 16.5 Å². The van der Waals surface area contributed by atoms with Crippen molar-refractivity contribution in [3.05, 3.63) is 10.6 Å². The Morgan fingerprint density at radius 1 is 1.19 bits per heavy atom. The number of aromatic nitrogens is 1. The molecule has 116 valence electrons. The highest BCUT2D eigenvalue weighted by Crippen LogP contribution is 2.39. The second kappa shape index (κ2) is 5.52. The number of nitrogens with zero attached hydrogens (tertiary/aromatic N) is 3. The lowest BCUT2D eigenvalue weighted by atomic mass is 9.84. The van der Waals surface area contributed by atoms with Crippen LogP contribution in [0.4, 0.5) is 5.13 Å². The number of thiazole rings is 1. The van der Waals surface area contributed by atoms with E-state index in [1.165, 1.54) is 25.8 Å². The van der Waals surface area contributed by atoms with Crippen molar-refractivity contribution in [3.8, 4) is 0 Å². The fraction of sp³-hybridized carbons (Fsp3) is 0.812. The first-order valence-corrected chi connectivity index (χ1v) is 9.17. The van der Waals surface area contributed by atoms with Gasteiger partial charge < -0.3 is 14.9 Å². The van der Waals surface area contributed by atoms with Crippen molar-refractivity contribution in [2.45, 2.75) is 50.7 Å². The number of rotatable bonds is 1. The quantitative estimate of drug-likeness (QED) is 0.865. The Morgan fingerprint density at radius 3 is 2.95 bits per heavy atom. The minimum absolute atomic E-state index is 0.265. The van der Waals surface area contributed by atoms with Crippen molar-refractivity contribution in [3.63, 3.8) is 0 Å².